The van der Waals surface area contributed by atoms with Crippen LogP contribution in [0.1, 0.15) is 84.5 Å². The van der Waals surface area contributed by atoms with E-state index >= 15 is 0 Å². The summed E-state index contributed by atoms with van der Waals surface area (Å²) >= 11 is 0. The maximum atomic E-state index is 2.33. The topological polar surface area (TPSA) is 0 Å². The van der Waals surface area contributed by atoms with E-state index in [1.165, 1.54) is 91.2 Å². The molecule has 0 N–H and O–H groups in total. The molecule has 0 aromatic heterocycles. The largest absolute Gasteiger partial charge is 0.0825 e. The van der Waals surface area contributed by atoms with Crippen LogP contribution in [0.15, 0.2) is 0 Å². The van der Waals surface area contributed by atoms with Gasteiger partial charge in [-0.15, -0.1) is 0 Å². The SMILES string of the molecule is BBBC[C@@H](CCCCCC)CCCCCCC. The fourth-order valence-corrected chi connectivity index (χ4v) is 2.82. The van der Waals surface area contributed by atoms with Crippen LogP contribution in [0.5, 0.6) is 0 Å². The second-order valence-corrected chi connectivity index (χ2v) is 6.06. The Bertz CT molecular complexity index is 151. The summed E-state index contributed by atoms with van der Waals surface area (Å²) in [5, 5.41) is 0. The Hall–Kier alpha value is 0.195. The highest BCUT2D eigenvalue weighted by Crippen LogP contribution is 2.21. The van der Waals surface area contributed by atoms with Crippen LogP contribution in [-0.2, 0) is 0 Å². The molecule has 1 atom stereocenters. The van der Waals surface area contributed by atoms with Crippen molar-refractivity contribution >= 4 is 22.0 Å². The van der Waals surface area contributed by atoms with Crippen LogP contribution in [0.4, 0.5) is 0 Å². The molecule has 0 saturated carbocycles. The minimum Gasteiger partial charge on any atom is -0.0825 e. The zero-order valence-electron chi connectivity index (χ0n) is 13.5. The summed E-state index contributed by atoms with van der Waals surface area (Å²) in [6, 6.07) is 0. The van der Waals surface area contributed by atoms with E-state index in [0.29, 0.717) is 0 Å². The second-order valence-electron chi connectivity index (χ2n) is 6.06. The van der Waals surface area contributed by atoms with Crippen LogP contribution in [0.2, 0.25) is 6.32 Å². The maximum Gasteiger partial charge on any atom is 0.0783 e. The number of hydrogen-bond acceptors (Lipinski definition) is 0. The van der Waals surface area contributed by atoms with Crippen LogP contribution in [0.25, 0.3) is 0 Å². The van der Waals surface area contributed by atoms with Crippen LogP contribution >= 0.6 is 0 Å². The fourth-order valence-electron chi connectivity index (χ4n) is 2.82. The van der Waals surface area contributed by atoms with Gasteiger partial charge in [-0.05, 0) is 5.92 Å². The second kappa shape index (κ2) is 15.3. The first-order chi connectivity index (χ1) is 8.85. The molecule has 0 aliphatic carbocycles. The van der Waals surface area contributed by atoms with Gasteiger partial charge < -0.3 is 0 Å². The average Bonchev–Trinajstić information content (AvgIpc) is 2.39. The fraction of sp³-hybridized carbons (Fsp3) is 1.00. The number of rotatable bonds is 14. The van der Waals surface area contributed by atoms with Crippen LogP contribution in [0.3, 0.4) is 0 Å². The first kappa shape index (κ1) is 18.2. The van der Waals surface area contributed by atoms with Crippen LogP contribution < -0.4 is 0 Å². The van der Waals surface area contributed by atoms with Crippen molar-refractivity contribution in [1.29, 1.82) is 0 Å². The monoisotopic (exact) mass is 248 g/mol. The Labute approximate surface area is 119 Å². The number of unbranched alkanes of at least 4 members (excludes halogenated alkanes) is 7. The highest BCUT2D eigenvalue weighted by Gasteiger charge is 2.08. The minimum absolute atomic E-state index is 1.04. The Kier molecular flexibility index (Phi) is 15.4. The quantitative estimate of drug-likeness (QED) is 0.325. The van der Waals surface area contributed by atoms with Crippen molar-refractivity contribution in [3.05, 3.63) is 0 Å². The highest BCUT2D eigenvalue weighted by molar-refractivity contribution is 7.23. The summed E-state index contributed by atoms with van der Waals surface area (Å²) in [6.45, 7) is 4.61. The molecule has 0 heterocycles. The predicted molar refractivity (Wildman–Crippen MR) is 93.3 cm³/mol. The van der Waals surface area contributed by atoms with Gasteiger partial charge in [-0.1, -0.05) is 90.8 Å². The molecular formula is C15H35B3. The smallest absolute Gasteiger partial charge is 0.0783 e. The molecular weight excluding hydrogens is 213 g/mol. The molecule has 104 valence electrons. The lowest BCUT2D eigenvalue weighted by Crippen LogP contribution is -2.10. The van der Waals surface area contributed by atoms with Crippen LogP contribution in [0, 0.1) is 5.92 Å². The molecule has 0 bridgehead atoms. The third kappa shape index (κ3) is 12.6. The van der Waals surface area contributed by atoms with E-state index in [1.54, 1.807) is 0 Å². The Balaban J connectivity index is 3.56. The van der Waals surface area contributed by atoms with Crippen molar-refractivity contribution in [3.63, 3.8) is 0 Å². The molecule has 18 heavy (non-hydrogen) atoms. The first-order valence-electron chi connectivity index (χ1n) is 8.85. The predicted octanol–water partition coefficient (Wildman–Crippen LogP) is 3.69. The van der Waals surface area contributed by atoms with E-state index in [-0.39, 0.29) is 0 Å². The lowest BCUT2D eigenvalue weighted by atomic mass is 9.26. The average molecular weight is 248 g/mol. The standard InChI is InChI=1S/C15H35B3/c1-3-5-7-9-11-13-15(14-17-18-16)12-10-8-6-4-2/h15,17-18H,3-14,16H2,1-2H3/t15-/m0/s1. The van der Waals surface area contributed by atoms with Gasteiger partial charge in [0.2, 0.25) is 0 Å². The zero-order chi connectivity index (χ0) is 13.5. The summed E-state index contributed by atoms with van der Waals surface area (Å²) in [4.78, 5) is 0. The third-order valence-electron chi connectivity index (χ3n) is 4.15. The summed E-state index contributed by atoms with van der Waals surface area (Å²) in [5.74, 6) is 1.04. The van der Waals surface area contributed by atoms with E-state index in [2.05, 4.69) is 21.6 Å². The molecule has 0 rings (SSSR count). The Morgan fingerprint density at radius 3 is 1.78 bits per heavy atom. The van der Waals surface area contributed by atoms with Gasteiger partial charge in [0.25, 0.3) is 0 Å². The van der Waals surface area contributed by atoms with Crippen molar-refractivity contribution in [3.8, 4) is 0 Å². The van der Waals surface area contributed by atoms with Crippen molar-refractivity contribution in [2.24, 2.45) is 5.92 Å². The van der Waals surface area contributed by atoms with E-state index in [9.17, 15) is 0 Å². The number of hydrogen-bond donors (Lipinski definition) is 0. The molecule has 0 aliphatic heterocycles. The molecule has 0 amide bonds. The summed E-state index contributed by atoms with van der Waals surface area (Å²) in [5.41, 5.74) is 0. The van der Waals surface area contributed by atoms with E-state index in [4.69, 9.17) is 0 Å². The van der Waals surface area contributed by atoms with Crippen molar-refractivity contribution in [2.45, 2.75) is 90.8 Å². The van der Waals surface area contributed by atoms with Crippen molar-refractivity contribution in [2.75, 3.05) is 0 Å². The van der Waals surface area contributed by atoms with Gasteiger partial charge in [-0.3, -0.25) is 0 Å². The summed E-state index contributed by atoms with van der Waals surface area (Å²) in [7, 11) is 5.16. The van der Waals surface area contributed by atoms with E-state index in [0.717, 1.165) is 5.92 Å². The van der Waals surface area contributed by atoms with Gasteiger partial charge in [0.1, 0.15) is 0 Å². The van der Waals surface area contributed by atoms with E-state index < -0.39 is 0 Å². The molecule has 0 aromatic rings. The molecule has 0 nitrogen and oxygen atoms in total. The van der Waals surface area contributed by atoms with Gasteiger partial charge in [0, 0.05) is 0 Å². The molecule has 0 fully saturated rings. The molecule has 0 radical (unpaired) electrons. The maximum absolute atomic E-state index is 2.33. The zero-order valence-corrected chi connectivity index (χ0v) is 13.5. The molecule has 0 spiro atoms. The van der Waals surface area contributed by atoms with E-state index in [1.807, 2.05) is 0 Å². The van der Waals surface area contributed by atoms with Gasteiger partial charge >= 0.3 is 0 Å². The lowest BCUT2D eigenvalue weighted by Gasteiger charge is -2.16. The summed E-state index contributed by atoms with van der Waals surface area (Å²) in [6.07, 6.45) is 17.5. The molecule has 3 heteroatoms. The first-order valence-corrected chi connectivity index (χ1v) is 8.85. The van der Waals surface area contributed by atoms with Crippen LogP contribution in [-0.4, -0.2) is 22.0 Å². The van der Waals surface area contributed by atoms with Gasteiger partial charge in [0.15, 0.2) is 0 Å². The molecule has 0 aromatic carbocycles. The Morgan fingerprint density at radius 1 is 0.778 bits per heavy atom. The van der Waals surface area contributed by atoms with Crippen molar-refractivity contribution < 1.29 is 0 Å². The van der Waals surface area contributed by atoms with Gasteiger partial charge in [-0.25, -0.2) is 0 Å². The van der Waals surface area contributed by atoms with Gasteiger partial charge in [-0.2, -0.15) is 0 Å². The van der Waals surface area contributed by atoms with Gasteiger partial charge in [0.05, 0.1) is 22.0 Å². The lowest BCUT2D eigenvalue weighted by molar-refractivity contribution is 0.434. The summed E-state index contributed by atoms with van der Waals surface area (Å²) < 4.78 is 0. The van der Waals surface area contributed by atoms with Crippen molar-refractivity contribution in [1.82, 2.24) is 0 Å². The normalized spacial score (nSPS) is 12.3. The third-order valence-corrected chi connectivity index (χ3v) is 4.15. The molecule has 0 saturated heterocycles. The highest BCUT2D eigenvalue weighted by atomic mass is 14.1. The molecule has 0 aliphatic rings. The Morgan fingerprint density at radius 2 is 1.28 bits per heavy atom. The molecule has 0 unspecified atom stereocenters. The minimum atomic E-state index is 1.04.